The summed E-state index contributed by atoms with van der Waals surface area (Å²) in [5.74, 6) is -1.80. The number of carbonyl (C=O) groups excluding carboxylic acids is 1. The Labute approximate surface area is 120 Å². The Kier molecular flexibility index (Phi) is 6.58. The molecule has 19 heavy (non-hydrogen) atoms. The van der Waals surface area contributed by atoms with Crippen LogP contribution in [-0.4, -0.2) is 12.3 Å². The summed E-state index contributed by atoms with van der Waals surface area (Å²) >= 11 is 2.96. The second-order valence-corrected chi connectivity index (χ2v) is 5.39. The van der Waals surface area contributed by atoms with Gasteiger partial charge in [0, 0.05) is 6.42 Å². The molecule has 0 aliphatic heterocycles. The summed E-state index contributed by atoms with van der Waals surface area (Å²) in [5.41, 5.74) is 5.03. The summed E-state index contributed by atoms with van der Waals surface area (Å²) in [6.07, 6.45) is 2.49. The molecule has 0 saturated carbocycles. The van der Waals surface area contributed by atoms with Crippen molar-refractivity contribution >= 4 is 21.7 Å². The zero-order valence-electron chi connectivity index (χ0n) is 10.9. The average molecular weight is 334 g/mol. The van der Waals surface area contributed by atoms with Crippen LogP contribution in [0.4, 0.5) is 8.78 Å². The molecule has 2 N–H and O–H groups in total. The van der Waals surface area contributed by atoms with E-state index in [0.717, 1.165) is 18.9 Å². The van der Waals surface area contributed by atoms with Gasteiger partial charge >= 0.3 is 0 Å². The molecule has 0 bridgehead atoms. The van der Waals surface area contributed by atoms with Crippen LogP contribution in [0.15, 0.2) is 16.6 Å². The molecule has 0 aliphatic rings. The maximum Gasteiger partial charge on any atom is 0.168 e. The molecular formula is C14H18BrF2NO. The van der Waals surface area contributed by atoms with Crippen LogP contribution >= 0.6 is 15.9 Å². The fourth-order valence-electron chi connectivity index (χ4n) is 2.03. The molecule has 0 heterocycles. The van der Waals surface area contributed by atoms with Gasteiger partial charge in [0.15, 0.2) is 11.6 Å². The van der Waals surface area contributed by atoms with E-state index in [2.05, 4.69) is 15.9 Å². The highest BCUT2D eigenvalue weighted by Gasteiger charge is 2.20. The molecule has 0 spiro atoms. The van der Waals surface area contributed by atoms with Crippen LogP contribution in [-0.2, 0) is 0 Å². The van der Waals surface area contributed by atoms with Crippen LogP contribution in [0.2, 0.25) is 0 Å². The summed E-state index contributed by atoms with van der Waals surface area (Å²) in [4.78, 5) is 11.9. The van der Waals surface area contributed by atoms with Gasteiger partial charge in [-0.1, -0.05) is 13.3 Å². The molecule has 1 unspecified atom stereocenters. The first-order valence-electron chi connectivity index (χ1n) is 6.38. The van der Waals surface area contributed by atoms with Crippen LogP contribution < -0.4 is 5.73 Å². The molecular weight excluding hydrogens is 316 g/mol. The minimum absolute atomic E-state index is 0.103. The van der Waals surface area contributed by atoms with Crippen LogP contribution in [0.25, 0.3) is 0 Å². The monoisotopic (exact) mass is 333 g/mol. The number of Topliss-reactive ketones (excluding diaryl/α,β-unsaturated/α-hetero) is 1. The molecule has 1 aromatic rings. The molecule has 1 atom stereocenters. The van der Waals surface area contributed by atoms with Gasteiger partial charge in [0.25, 0.3) is 0 Å². The lowest BCUT2D eigenvalue weighted by Crippen LogP contribution is -2.12. The van der Waals surface area contributed by atoms with E-state index in [4.69, 9.17) is 5.73 Å². The quantitative estimate of drug-likeness (QED) is 0.603. The first-order chi connectivity index (χ1) is 9.01. The first kappa shape index (κ1) is 16.2. The van der Waals surface area contributed by atoms with Gasteiger partial charge in [0.05, 0.1) is 10.0 Å². The van der Waals surface area contributed by atoms with Crippen molar-refractivity contribution in [2.24, 2.45) is 11.7 Å². The van der Waals surface area contributed by atoms with Gasteiger partial charge in [0.2, 0.25) is 0 Å². The Bertz CT molecular complexity index is 451. The van der Waals surface area contributed by atoms with Gasteiger partial charge < -0.3 is 5.73 Å². The molecule has 1 aromatic carbocycles. The number of hydrogen-bond acceptors (Lipinski definition) is 2. The van der Waals surface area contributed by atoms with Crippen molar-refractivity contribution in [3.63, 3.8) is 0 Å². The number of carbonyl (C=O) groups is 1. The van der Waals surface area contributed by atoms with Crippen molar-refractivity contribution in [3.8, 4) is 0 Å². The van der Waals surface area contributed by atoms with E-state index in [1.807, 2.05) is 6.92 Å². The number of halogens is 3. The van der Waals surface area contributed by atoms with Gasteiger partial charge in [-0.15, -0.1) is 0 Å². The molecule has 1 rings (SSSR count). The number of rotatable bonds is 7. The lowest BCUT2D eigenvalue weighted by atomic mass is 9.93. The Morgan fingerprint density at radius 1 is 1.37 bits per heavy atom. The van der Waals surface area contributed by atoms with Gasteiger partial charge in [-0.25, -0.2) is 8.78 Å². The first-order valence-corrected chi connectivity index (χ1v) is 7.17. The molecule has 0 radical (unpaired) electrons. The number of ketones is 1. The SMILES string of the molecule is CCC(CCN)CCC(=O)c1c(F)ccc(Br)c1F. The Morgan fingerprint density at radius 3 is 2.63 bits per heavy atom. The fraction of sp³-hybridized carbons (Fsp3) is 0.500. The molecule has 5 heteroatoms. The van der Waals surface area contributed by atoms with Crippen LogP contribution in [0.1, 0.15) is 43.0 Å². The maximum absolute atomic E-state index is 13.7. The van der Waals surface area contributed by atoms with E-state index < -0.39 is 23.0 Å². The highest BCUT2D eigenvalue weighted by molar-refractivity contribution is 9.10. The smallest absolute Gasteiger partial charge is 0.168 e. The van der Waals surface area contributed by atoms with Crippen molar-refractivity contribution in [2.75, 3.05) is 6.54 Å². The zero-order chi connectivity index (χ0) is 14.4. The second-order valence-electron chi connectivity index (χ2n) is 4.53. The zero-order valence-corrected chi connectivity index (χ0v) is 12.5. The Balaban J connectivity index is 2.76. The van der Waals surface area contributed by atoms with E-state index in [0.29, 0.717) is 18.9 Å². The summed E-state index contributed by atoms with van der Waals surface area (Å²) in [6, 6.07) is 2.35. The highest BCUT2D eigenvalue weighted by Crippen LogP contribution is 2.24. The fourth-order valence-corrected chi connectivity index (χ4v) is 2.36. The lowest BCUT2D eigenvalue weighted by Gasteiger charge is -2.13. The average Bonchev–Trinajstić information content (AvgIpc) is 2.39. The standard InChI is InChI=1S/C14H18BrF2NO/c1-2-9(7-8-18)3-6-12(19)13-11(16)5-4-10(15)14(13)17/h4-5,9H,2-3,6-8,18H2,1H3. The summed E-state index contributed by atoms with van der Waals surface area (Å²) in [6.45, 7) is 2.58. The molecule has 0 aromatic heterocycles. The van der Waals surface area contributed by atoms with Crippen molar-refractivity contribution in [2.45, 2.75) is 32.6 Å². The summed E-state index contributed by atoms with van der Waals surface area (Å²) < 4.78 is 27.4. The third-order valence-electron chi connectivity index (χ3n) is 3.25. The van der Waals surface area contributed by atoms with E-state index in [9.17, 15) is 13.6 Å². The van der Waals surface area contributed by atoms with Gasteiger partial charge in [-0.05, 0) is 53.4 Å². The third kappa shape index (κ3) is 4.35. The molecule has 0 aliphatic carbocycles. The minimum Gasteiger partial charge on any atom is -0.330 e. The predicted molar refractivity (Wildman–Crippen MR) is 75.1 cm³/mol. The minimum atomic E-state index is -0.822. The molecule has 106 valence electrons. The summed E-state index contributed by atoms with van der Waals surface area (Å²) in [5, 5.41) is 0. The number of hydrogen-bond donors (Lipinski definition) is 1. The van der Waals surface area contributed by atoms with Crippen molar-refractivity contribution < 1.29 is 13.6 Å². The molecule has 0 saturated heterocycles. The topological polar surface area (TPSA) is 43.1 Å². The van der Waals surface area contributed by atoms with E-state index in [1.165, 1.54) is 6.07 Å². The third-order valence-corrected chi connectivity index (χ3v) is 3.87. The van der Waals surface area contributed by atoms with E-state index >= 15 is 0 Å². The Morgan fingerprint density at radius 2 is 2.05 bits per heavy atom. The summed E-state index contributed by atoms with van der Waals surface area (Å²) in [7, 11) is 0. The molecule has 0 fully saturated rings. The van der Waals surface area contributed by atoms with Crippen molar-refractivity contribution in [1.82, 2.24) is 0 Å². The van der Waals surface area contributed by atoms with E-state index in [-0.39, 0.29) is 10.9 Å². The van der Waals surface area contributed by atoms with Crippen molar-refractivity contribution in [3.05, 3.63) is 33.8 Å². The van der Waals surface area contributed by atoms with Gasteiger partial charge in [0.1, 0.15) is 5.82 Å². The van der Waals surface area contributed by atoms with E-state index in [1.54, 1.807) is 0 Å². The molecule has 2 nitrogen and oxygen atoms in total. The maximum atomic E-state index is 13.7. The second kappa shape index (κ2) is 7.70. The number of nitrogens with two attached hydrogens (primary N) is 1. The Hall–Kier alpha value is -0.810. The lowest BCUT2D eigenvalue weighted by molar-refractivity contribution is 0.0964. The highest BCUT2D eigenvalue weighted by atomic mass is 79.9. The van der Waals surface area contributed by atoms with Gasteiger partial charge in [-0.3, -0.25) is 4.79 Å². The molecule has 0 amide bonds. The van der Waals surface area contributed by atoms with Gasteiger partial charge in [-0.2, -0.15) is 0 Å². The number of benzene rings is 1. The van der Waals surface area contributed by atoms with Crippen LogP contribution in [0.5, 0.6) is 0 Å². The largest absolute Gasteiger partial charge is 0.330 e. The van der Waals surface area contributed by atoms with Crippen LogP contribution in [0.3, 0.4) is 0 Å². The predicted octanol–water partition coefficient (Wildman–Crippen LogP) is 4.07. The van der Waals surface area contributed by atoms with Crippen LogP contribution in [0, 0.1) is 17.6 Å². The van der Waals surface area contributed by atoms with Crippen molar-refractivity contribution in [1.29, 1.82) is 0 Å². The normalized spacial score (nSPS) is 12.5.